The highest BCUT2D eigenvalue weighted by Crippen LogP contribution is 2.23. The van der Waals surface area contributed by atoms with E-state index in [9.17, 15) is 14.4 Å². The highest BCUT2D eigenvalue weighted by Gasteiger charge is 2.11. The van der Waals surface area contributed by atoms with E-state index in [1.807, 2.05) is 0 Å². The zero-order valence-electron chi connectivity index (χ0n) is 13.9. The maximum atomic E-state index is 12.1. The summed E-state index contributed by atoms with van der Waals surface area (Å²) in [6.07, 6.45) is 0. The predicted molar refractivity (Wildman–Crippen MR) is 98.4 cm³/mol. The van der Waals surface area contributed by atoms with Crippen LogP contribution in [0.15, 0.2) is 42.5 Å². The number of ketones is 1. The minimum atomic E-state index is -0.338. The van der Waals surface area contributed by atoms with E-state index in [1.54, 1.807) is 42.5 Å². The number of nitrogens with one attached hydrogen (secondary N) is 3. The Morgan fingerprint density at radius 1 is 1.04 bits per heavy atom. The van der Waals surface area contributed by atoms with Gasteiger partial charge in [-0.25, -0.2) is 0 Å². The Morgan fingerprint density at radius 3 is 2.44 bits per heavy atom. The first-order valence-electron chi connectivity index (χ1n) is 7.57. The lowest BCUT2D eigenvalue weighted by atomic mass is 10.1. The minimum Gasteiger partial charge on any atom is -0.375 e. The molecule has 0 heterocycles. The molecule has 0 radical (unpaired) electrons. The highest BCUT2D eigenvalue weighted by molar-refractivity contribution is 6.33. The first-order chi connectivity index (χ1) is 11.9. The summed E-state index contributed by atoms with van der Waals surface area (Å²) in [5.74, 6) is -0.722. The molecule has 0 aromatic heterocycles. The molecule has 0 atom stereocenters. The number of hydrogen-bond donors (Lipinski definition) is 3. The molecule has 130 valence electrons. The van der Waals surface area contributed by atoms with Gasteiger partial charge >= 0.3 is 0 Å². The zero-order valence-corrected chi connectivity index (χ0v) is 14.6. The van der Waals surface area contributed by atoms with E-state index < -0.39 is 0 Å². The van der Waals surface area contributed by atoms with Crippen LogP contribution in [-0.4, -0.2) is 31.2 Å². The van der Waals surface area contributed by atoms with E-state index >= 15 is 0 Å². The summed E-state index contributed by atoms with van der Waals surface area (Å²) in [5, 5.41) is 8.49. The fraction of sp³-hybridized carbons (Fsp3) is 0.167. The Balaban J connectivity index is 2.06. The van der Waals surface area contributed by atoms with Crippen molar-refractivity contribution in [3.05, 3.63) is 58.6 Å². The Morgan fingerprint density at radius 2 is 1.76 bits per heavy atom. The maximum Gasteiger partial charge on any atom is 0.251 e. The van der Waals surface area contributed by atoms with Gasteiger partial charge in [-0.05, 0) is 37.3 Å². The topological polar surface area (TPSA) is 87.3 Å². The van der Waals surface area contributed by atoms with Gasteiger partial charge in [-0.2, -0.15) is 0 Å². The fourth-order valence-electron chi connectivity index (χ4n) is 2.22. The average molecular weight is 360 g/mol. The van der Waals surface area contributed by atoms with Gasteiger partial charge in [-0.3, -0.25) is 14.4 Å². The minimum absolute atomic E-state index is 0.0663. The van der Waals surface area contributed by atoms with E-state index in [0.717, 1.165) is 0 Å². The molecule has 0 spiro atoms. The van der Waals surface area contributed by atoms with Crippen molar-refractivity contribution < 1.29 is 14.4 Å². The standard InChI is InChI=1S/C18H18ClN3O3/c1-11(23)13-5-3-4-6-15(13)22-17(24)10-21-16-9-12(18(25)20-2)7-8-14(16)19/h3-9,21H,10H2,1-2H3,(H,20,25)(H,22,24). The number of carbonyl (C=O) groups excluding carboxylic acids is 3. The first kappa shape index (κ1) is 18.5. The number of hydrogen-bond acceptors (Lipinski definition) is 4. The van der Waals surface area contributed by atoms with Crippen molar-refractivity contribution in [3.8, 4) is 0 Å². The van der Waals surface area contributed by atoms with E-state index in [0.29, 0.717) is 27.5 Å². The van der Waals surface area contributed by atoms with Gasteiger partial charge in [0, 0.05) is 18.2 Å². The SMILES string of the molecule is CNC(=O)c1ccc(Cl)c(NCC(=O)Nc2ccccc2C(C)=O)c1. The van der Waals surface area contributed by atoms with Crippen molar-refractivity contribution in [2.24, 2.45) is 0 Å². The fourth-order valence-corrected chi connectivity index (χ4v) is 2.40. The average Bonchev–Trinajstić information content (AvgIpc) is 2.60. The molecule has 25 heavy (non-hydrogen) atoms. The van der Waals surface area contributed by atoms with Crippen LogP contribution in [0, 0.1) is 0 Å². The third-order valence-corrected chi connectivity index (χ3v) is 3.81. The van der Waals surface area contributed by atoms with Gasteiger partial charge in [0.25, 0.3) is 5.91 Å². The third kappa shape index (κ3) is 4.81. The lowest BCUT2D eigenvalue weighted by Crippen LogP contribution is -2.23. The van der Waals surface area contributed by atoms with Crippen LogP contribution in [0.4, 0.5) is 11.4 Å². The summed E-state index contributed by atoms with van der Waals surface area (Å²) < 4.78 is 0. The van der Waals surface area contributed by atoms with Gasteiger partial charge in [-0.15, -0.1) is 0 Å². The second-order valence-electron chi connectivity index (χ2n) is 5.28. The molecule has 3 N–H and O–H groups in total. The van der Waals surface area contributed by atoms with E-state index in [4.69, 9.17) is 11.6 Å². The zero-order chi connectivity index (χ0) is 18.4. The van der Waals surface area contributed by atoms with Gasteiger partial charge in [0.05, 0.1) is 22.9 Å². The Labute approximate surface area is 150 Å². The molecule has 2 rings (SSSR count). The van der Waals surface area contributed by atoms with E-state index in [2.05, 4.69) is 16.0 Å². The number of rotatable bonds is 6. The highest BCUT2D eigenvalue weighted by atomic mass is 35.5. The van der Waals surface area contributed by atoms with Crippen LogP contribution in [-0.2, 0) is 4.79 Å². The van der Waals surface area contributed by atoms with Crippen molar-refractivity contribution in [1.82, 2.24) is 5.32 Å². The number of benzene rings is 2. The molecule has 0 aliphatic heterocycles. The first-order valence-corrected chi connectivity index (χ1v) is 7.95. The van der Waals surface area contributed by atoms with Crippen LogP contribution < -0.4 is 16.0 Å². The molecule has 2 amide bonds. The summed E-state index contributed by atoms with van der Waals surface area (Å²) >= 11 is 6.08. The maximum absolute atomic E-state index is 12.1. The quantitative estimate of drug-likeness (QED) is 0.692. The van der Waals surface area contributed by atoms with Crippen molar-refractivity contribution >= 4 is 40.6 Å². The molecule has 0 saturated carbocycles. The lowest BCUT2D eigenvalue weighted by Gasteiger charge is -2.12. The molecule has 6 nitrogen and oxygen atoms in total. The molecule has 0 fully saturated rings. The number of para-hydroxylation sites is 1. The molecule has 2 aromatic carbocycles. The van der Waals surface area contributed by atoms with Gasteiger partial charge in [0.15, 0.2) is 5.78 Å². The Kier molecular flexibility index (Phi) is 6.14. The number of Topliss-reactive ketones (excluding diaryl/α,β-unsaturated/α-hetero) is 1. The molecule has 0 unspecified atom stereocenters. The summed E-state index contributed by atoms with van der Waals surface area (Å²) in [6.45, 7) is 1.37. The largest absolute Gasteiger partial charge is 0.375 e. The second kappa shape index (κ2) is 8.30. The molecule has 7 heteroatoms. The van der Waals surface area contributed by atoms with E-state index in [-0.39, 0.29) is 24.1 Å². The summed E-state index contributed by atoms with van der Waals surface area (Å²) in [5.41, 5.74) is 1.79. The number of halogens is 1. The van der Waals surface area contributed by atoms with Gasteiger partial charge in [-0.1, -0.05) is 23.7 Å². The molecule has 0 aliphatic carbocycles. The molecule has 0 bridgehead atoms. The normalized spacial score (nSPS) is 10.0. The van der Waals surface area contributed by atoms with Crippen LogP contribution in [0.1, 0.15) is 27.6 Å². The summed E-state index contributed by atoms with van der Waals surface area (Å²) in [4.78, 5) is 35.4. The van der Waals surface area contributed by atoms with Crippen LogP contribution in [0.25, 0.3) is 0 Å². The molecule has 2 aromatic rings. The lowest BCUT2D eigenvalue weighted by molar-refractivity contribution is -0.114. The molecular formula is C18H18ClN3O3. The molecule has 0 saturated heterocycles. The van der Waals surface area contributed by atoms with Crippen LogP contribution in [0.2, 0.25) is 5.02 Å². The van der Waals surface area contributed by atoms with Gasteiger partial charge in [0.2, 0.25) is 5.91 Å². The monoisotopic (exact) mass is 359 g/mol. The summed E-state index contributed by atoms with van der Waals surface area (Å²) in [7, 11) is 1.53. The van der Waals surface area contributed by atoms with Crippen molar-refractivity contribution in [2.75, 3.05) is 24.2 Å². The van der Waals surface area contributed by atoms with Crippen LogP contribution in [0.3, 0.4) is 0 Å². The van der Waals surface area contributed by atoms with Crippen LogP contribution in [0.5, 0.6) is 0 Å². The van der Waals surface area contributed by atoms with Gasteiger partial charge in [0.1, 0.15) is 0 Å². The Bertz CT molecular complexity index is 821. The second-order valence-corrected chi connectivity index (χ2v) is 5.68. The smallest absolute Gasteiger partial charge is 0.251 e. The number of carbonyl (C=O) groups is 3. The number of anilines is 2. The molecular weight excluding hydrogens is 342 g/mol. The van der Waals surface area contributed by atoms with E-state index in [1.165, 1.54) is 14.0 Å². The van der Waals surface area contributed by atoms with Crippen molar-refractivity contribution in [1.29, 1.82) is 0 Å². The van der Waals surface area contributed by atoms with Crippen LogP contribution >= 0.6 is 11.6 Å². The Hall–Kier alpha value is -2.86. The molecule has 0 aliphatic rings. The third-order valence-electron chi connectivity index (χ3n) is 3.48. The summed E-state index contributed by atoms with van der Waals surface area (Å²) in [6, 6.07) is 11.5. The van der Waals surface area contributed by atoms with Crippen molar-refractivity contribution in [3.63, 3.8) is 0 Å². The van der Waals surface area contributed by atoms with Gasteiger partial charge < -0.3 is 16.0 Å². The van der Waals surface area contributed by atoms with Crippen molar-refractivity contribution in [2.45, 2.75) is 6.92 Å². The number of amides is 2. The predicted octanol–water partition coefficient (Wildman–Crippen LogP) is 2.95.